The fourth-order valence-electron chi connectivity index (χ4n) is 1.66. The summed E-state index contributed by atoms with van der Waals surface area (Å²) in [6.07, 6.45) is 0.757. The zero-order chi connectivity index (χ0) is 15.4. The monoisotopic (exact) mass is 303 g/mol. The van der Waals surface area contributed by atoms with E-state index in [2.05, 4.69) is 5.32 Å². The highest BCUT2D eigenvalue weighted by molar-refractivity contribution is 7.14. The summed E-state index contributed by atoms with van der Waals surface area (Å²) in [7, 11) is 1.71. The van der Waals surface area contributed by atoms with Crippen molar-refractivity contribution in [2.75, 3.05) is 5.32 Å². The normalized spacial score (nSPS) is 11.5. The lowest BCUT2D eigenvalue weighted by Gasteiger charge is -2.13. The number of carbonyl (C=O) groups is 2. The second-order valence-corrected chi connectivity index (χ2v) is 5.23. The first-order valence-corrected chi connectivity index (χ1v) is 7.01. The Morgan fingerprint density at radius 2 is 2.24 bits per heavy atom. The number of hydrogen-bond donors (Lipinski definition) is 1. The molecule has 0 aliphatic rings. The first kappa shape index (κ1) is 14.8. The molecule has 0 spiro atoms. The molecule has 0 saturated carbocycles. The molecule has 0 radical (unpaired) electrons. The number of aryl methyl sites for hydroxylation is 1. The van der Waals surface area contributed by atoms with Gasteiger partial charge in [0.05, 0.1) is 5.56 Å². The summed E-state index contributed by atoms with van der Waals surface area (Å²) in [6, 6.07) is 6.91. The SMILES string of the molecule is C[C@H](OC(=O)c1cccn1C)C(=O)Nc1sccc1C#N. The highest BCUT2D eigenvalue weighted by Crippen LogP contribution is 2.22. The third-order valence-electron chi connectivity index (χ3n) is 2.83. The Hall–Kier alpha value is -2.59. The minimum absolute atomic E-state index is 0.364. The van der Waals surface area contributed by atoms with Gasteiger partial charge < -0.3 is 14.6 Å². The molecule has 0 aliphatic carbocycles. The molecule has 21 heavy (non-hydrogen) atoms. The second kappa shape index (κ2) is 6.24. The highest BCUT2D eigenvalue weighted by Gasteiger charge is 2.21. The van der Waals surface area contributed by atoms with Crippen molar-refractivity contribution < 1.29 is 14.3 Å². The van der Waals surface area contributed by atoms with Gasteiger partial charge in [-0.2, -0.15) is 5.26 Å². The maximum Gasteiger partial charge on any atom is 0.355 e. The topological polar surface area (TPSA) is 84.1 Å². The van der Waals surface area contributed by atoms with Crippen molar-refractivity contribution in [1.29, 1.82) is 5.26 Å². The Morgan fingerprint density at radius 3 is 2.86 bits per heavy atom. The van der Waals surface area contributed by atoms with Gasteiger partial charge in [0.2, 0.25) is 0 Å². The number of amides is 1. The van der Waals surface area contributed by atoms with Gasteiger partial charge in [0, 0.05) is 13.2 Å². The van der Waals surface area contributed by atoms with Crippen LogP contribution in [0.5, 0.6) is 0 Å². The molecule has 7 heteroatoms. The third-order valence-corrected chi connectivity index (χ3v) is 3.66. The van der Waals surface area contributed by atoms with Crippen LogP contribution in [0.15, 0.2) is 29.8 Å². The van der Waals surface area contributed by atoms with Crippen LogP contribution in [-0.2, 0) is 16.6 Å². The first-order valence-electron chi connectivity index (χ1n) is 6.13. The van der Waals surface area contributed by atoms with Crippen molar-refractivity contribution in [1.82, 2.24) is 4.57 Å². The number of aromatic nitrogens is 1. The summed E-state index contributed by atoms with van der Waals surface area (Å²) in [5.41, 5.74) is 0.748. The van der Waals surface area contributed by atoms with Crippen molar-refractivity contribution in [2.45, 2.75) is 13.0 Å². The van der Waals surface area contributed by atoms with Crippen LogP contribution in [0.4, 0.5) is 5.00 Å². The van der Waals surface area contributed by atoms with Gasteiger partial charge in [-0.3, -0.25) is 4.79 Å². The van der Waals surface area contributed by atoms with Crippen LogP contribution < -0.4 is 5.32 Å². The first-order chi connectivity index (χ1) is 10.0. The number of carbonyl (C=O) groups excluding carboxylic acids is 2. The molecule has 2 rings (SSSR count). The van der Waals surface area contributed by atoms with E-state index in [0.29, 0.717) is 16.3 Å². The summed E-state index contributed by atoms with van der Waals surface area (Å²) in [4.78, 5) is 23.9. The predicted octanol–water partition coefficient (Wildman–Crippen LogP) is 2.14. The van der Waals surface area contributed by atoms with Crippen LogP contribution in [0.25, 0.3) is 0 Å². The lowest BCUT2D eigenvalue weighted by molar-refractivity contribution is -0.123. The molecular weight excluding hydrogens is 290 g/mol. The summed E-state index contributed by atoms with van der Waals surface area (Å²) in [6.45, 7) is 1.48. The van der Waals surface area contributed by atoms with Crippen LogP contribution in [-0.4, -0.2) is 22.5 Å². The van der Waals surface area contributed by atoms with E-state index in [-0.39, 0.29) is 0 Å². The largest absolute Gasteiger partial charge is 0.448 e. The van der Waals surface area contributed by atoms with Gasteiger partial charge in [0.1, 0.15) is 16.8 Å². The van der Waals surface area contributed by atoms with Crippen molar-refractivity contribution in [2.24, 2.45) is 7.05 Å². The number of ether oxygens (including phenoxy) is 1. The molecule has 6 nitrogen and oxygen atoms in total. The minimum Gasteiger partial charge on any atom is -0.448 e. The van der Waals surface area contributed by atoms with Gasteiger partial charge >= 0.3 is 5.97 Å². The number of nitrogens with one attached hydrogen (secondary N) is 1. The van der Waals surface area contributed by atoms with Crippen molar-refractivity contribution >= 4 is 28.2 Å². The number of esters is 1. The van der Waals surface area contributed by atoms with E-state index in [1.54, 1.807) is 41.4 Å². The highest BCUT2D eigenvalue weighted by atomic mass is 32.1. The van der Waals surface area contributed by atoms with Gasteiger partial charge in [-0.15, -0.1) is 11.3 Å². The Morgan fingerprint density at radius 1 is 1.48 bits per heavy atom. The average molecular weight is 303 g/mol. The standard InChI is InChI=1S/C14H13N3O3S/c1-9(20-14(19)11-4-3-6-17(11)2)12(18)16-13-10(8-15)5-7-21-13/h3-7,9H,1-2H3,(H,16,18)/t9-/m0/s1. The van der Waals surface area contributed by atoms with Crippen LogP contribution in [0.1, 0.15) is 23.0 Å². The number of rotatable bonds is 4. The van der Waals surface area contributed by atoms with E-state index in [9.17, 15) is 9.59 Å². The quantitative estimate of drug-likeness (QED) is 0.877. The van der Waals surface area contributed by atoms with Gasteiger partial charge in [-0.1, -0.05) is 0 Å². The maximum atomic E-state index is 12.0. The Labute approximate surface area is 125 Å². The summed E-state index contributed by atoms with van der Waals surface area (Å²) >= 11 is 1.24. The van der Waals surface area contributed by atoms with E-state index in [0.717, 1.165) is 0 Å². The van der Waals surface area contributed by atoms with Gasteiger partial charge in [-0.25, -0.2) is 4.79 Å². The second-order valence-electron chi connectivity index (χ2n) is 4.32. The number of anilines is 1. The van der Waals surface area contributed by atoms with E-state index >= 15 is 0 Å². The molecule has 2 aromatic heterocycles. The number of thiophene rings is 1. The van der Waals surface area contributed by atoms with E-state index in [1.165, 1.54) is 18.3 Å². The van der Waals surface area contributed by atoms with Crippen molar-refractivity contribution in [3.8, 4) is 6.07 Å². The lowest BCUT2D eigenvalue weighted by atomic mass is 10.3. The average Bonchev–Trinajstić information content (AvgIpc) is 3.07. The number of nitrogens with zero attached hydrogens (tertiary/aromatic N) is 2. The summed E-state index contributed by atoms with van der Waals surface area (Å²) < 4.78 is 6.72. The smallest absolute Gasteiger partial charge is 0.355 e. The van der Waals surface area contributed by atoms with Crippen LogP contribution in [0, 0.1) is 11.3 Å². The molecule has 0 fully saturated rings. The molecule has 0 bridgehead atoms. The zero-order valence-corrected chi connectivity index (χ0v) is 12.3. The summed E-state index contributed by atoms with van der Waals surface area (Å²) in [5.74, 6) is -1.05. The Bertz CT molecular complexity index is 711. The zero-order valence-electron chi connectivity index (χ0n) is 11.5. The van der Waals surface area contributed by atoms with E-state index in [4.69, 9.17) is 10.00 Å². The van der Waals surface area contributed by atoms with Crippen LogP contribution in [0.3, 0.4) is 0 Å². The fraction of sp³-hybridized carbons (Fsp3) is 0.214. The van der Waals surface area contributed by atoms with Gasteiger partial charge in [0.15, 0.2) is 6.10 Å². The molecule has 108 valence electrons. The molecule has 1 atom stereocenters. The maximum absolute atomic E-state index is 12.0. The molecule has 2 heterocycles. The summed E-state index contributed by atoms with van der Waals surface area (Å²) in [5, 5.41) is 13.6. The van der Waals surface area contributed by atoms with Crippen LogP contribution in [0.2, 0.25) is 0 Å². The number of nitriles is 1. The Kier molecular flexibility index (Phi) is 4.40. The van der Waals surface area contributed by atoms with Crippen molar-refractivity contribution in [3.63, 3.8) is 0 Å². The predicted molar refractivity (Wildman–Crippen MR) is 78.0 cm³/mol. The van der Waals surface area contributed by atoms with Crippen LogP contribution >= 0.6 is 11.3 Å². The number of hydrogen-bond acceptors (Lipinski definition) is 5. The molecule has 2 aromatic rings. The molecule has 0 aliphatic heterocycles. The minimum atomic E-state index is -0.957. The third kappa shape index (κ3) is 3.30. The molecular formula is C14H13N3O3S. The molecule has 1 N–H and O–H groups in total. The fourth-order valence-corrected chi connectivity index (χ4v) is 2.40. The molecule has 0 saturated heterocycles. The molecule has 0 unspecified atom stereocenters. The van der Waals surface area contributed by atoms with Gasteiger partial charge in [-0.05, 0) is 30.5 Å². The van der Waals surface area contributed by atoms with E-state index < -0.39 is 18.0 Å². The molecule has 1 amide bonds. The lowest BCUT2D eigenvalue weighted by Crippen LogP contribution is -2.30. The van der Waals surface area contributed by atoms with E-state index in [1.807, 2.05) is 6.07 Å². The van der Waals surface area contributed by atoms with Crippen molar-refractivity contribution in [3.05, 3.63) is 41.0 Å². The Balaban J connectivity index is 1.99. The van der Waals surface area contributed by atoms with Gasteiger partial charge in [0.25, 0.3) is 5.91 Å². The molecule has 0 aromatic carbocycles.